The molecule has 0 spiro atoms. The zero-order valence-corrected chi connectivity index (χ0v) is 13.6. The number of nitriles is 1. The first-order chi connectivity index (χ1) is 12.5. The molecule has 132 valence electrons. The van der Waals surface area contributed by atoms with Crippen molar-refractivity contribution in [1.29, 1.82) is 5.26 Å². The molecule has 0 unspecified atom stereocenters. The normalized spacial score (nSPS) is 10.7. The Balaban J connectivity index is 2.09. The second kappa shape index (κ2) is 8.99. The number of halogens is 1. The van der Waals surface area contributed by atoms with Crippen LogP contribution >= 0.6 is 0 Å². The minimum Gasteiger partial charge on any atom is -0.493 e. The third-order valence-electron chi connectivity index (χ3n) is 3.22. The first-order valence-corrected chi connectivity index (χ1v) is 7.61. The molecule has 2 aromatic rings. The molecule has 0 aromatic heterocycles. The maximum absolute atomic E-state index is 12.9. The number of carboxylic acid groups (broad SMARTS) is 1. The third kappa shape index (κ3) is 5.76. The van der Waals surface area contributed by atoms with Crippen molar-refractivity contribution >= 4 is 23.6 Å². The number of carbonyl (C=O) groups is 2. The maximum atomic E-state index is 12.9. The average Bonchev–Trinajstić information content (AvgIpc) is 2.61. The van der Waals surface area contributed by atoms with E-state index in [0.29, 0.717) is 17.0 Å². The first-order valence-electron chi connectivity index (χ1n) is 7.61. The number of nitrogens with zero attached hydrogens (tertiary/aromatic N) is 1. The van der Waals surface area contributed by atoms with Gasteiger partial charge >= 0.3 is 5.97 Å². The molecule has 0 bridgehead atoms. The molecule has 0 fully saturated rings. The van der Waals surface area contributed by atoms with Crippen molar-refractivity contribution in [3.05, 3.63) is 65.5 Å². The van der Waals surface area contributed by atoms with E-state index < -0.39 is 17.7 Å². The largest absolute Gasteiger partial charge is 0.493 e. The molecule has 0 saturated heterocycles. The van der Waals surface area contributed by atoms with E-state index in [1.54, 1.807) is 24.3 Å². The van der Waals surface area contributed by atoms with Crippen LogP contribution < -0.4 is 10.1 Å². The van der Waals surface area contributed by atoms with Crippen molar-refractivity contribution < 1.29 is 23.8 Å². The highest BCUT2D eigenvalue weighted by molar-refractivity contribution is 6.09. The summed E-state index contributed by atoms with van der Waals surface area (Å²) in [5, 5.41) is 20.3. The Morgan fingerprint density at radius 2 is 1.96 bits per heavy atom. The Kier molecular flexibility index (Phi) is 6.46. The molecule has 26 heavy (non-hydrogen) atoms. The van der Waals surface area contributed by atoms with Gasteiger partial charge in [0.25, 0.3) is 5.91 Å². The van der Waals surface area contributed by atoms with Crippen LogP contribution in [-0.4, -0.2) is 23.6 Å². The Morgan fingerprint density at radius 1 is 1.23 bits per heavy atom. The van der Waals surface area contributed by atoms with Gasteiger partial charge in [-0.1, -0.05) is 12.1 Å². The fourth-order valence-electron chi connectivity index (χ4n) is 2.00. The van der Waals surface area contributed by atoms with Crippen LogP contribution in [0.4, 0.5) is 10.1 Å². The van der Waals surface area contributed by atoms with E-state index in [-0.39, 0.29) is 18.6 Å². The van der Waals surface area contributed by atoms with Crippen LogP contribution in [0.25, 0.3) is 6.08 Å². The highest BCUT2D eigenvalue weighted by Crippen LogP contribution is 2.17. The zero-order chi connectivity index (χ0) is 18.9. The molecule has 7 heteroatoms. The van der Waals surface area contributed by atoms with Gasteiger partial charge in [0.05, 0.1) is 13.0 Å². The molecule has 1 amide bonds. The Bertz CT molecular complexity index is 870. The van der Waals surface area contributed by atoms with Gasteiger partial charge in [-0.2, -0.15) is 5.26 Å². The smallest absolute Gasteiger partial charge is 0.306 e. The van der Waals surface area contributed by atoms with Gasteiger partial charge in [-0.05, 0) is 48.0 Å². The topological polar surface area (TPSA) is 99.4 Å². The number of aliphatic carboxylic acids is 1. The van der Waals surface area contributed by atoms with E-state index in [1.165, 1.54) is 30.3 Å². The van der Waals surface area contributed by atoms with Crippen LogP contribution in [0.3, 0.4) is 0 Å². The zero-order valence-electron chi connectivity index (χ0n) is 13.6. The van der Waals surface area contributed by atoms with Gasteiger partial charge in [-0.15, -0.1) is 0 Å². The molecule has 0 aliphatic rings. The predicted molar refractivity (Wildman–Crippen MR) is 92.8 cm³/mol. The van der Waals surface area contributed by atoms with E-state index in [9.17, 15) is 19.2 Å². The van der Waals surface area contributed by atoms with Crippen molar-refractivity contribution in [2.75, 3.05) is 11.9 Å². The fraction of sp³-hybridized carbons (Fsp3) is 0.105. The minimum absolute atomic E-state index is 0.0126. The molecule has 0 atom stereocenters. The van der Waals surface area contributed by atoms with Gasteiger partial charge in [0, 0.05) is 5.69 Å². The molecular weight excluding hydrogens is 339 g/mol. The van der Waals surface area contributed by atoms with Crippen molar-refractivity contribution in [2.45, 2.75) is 6.42 Å². The average molecular weight is 354 g/mol. The van der Waals surface area contributed by atoms with Crippen LogP contribution in [0.2, 0.25) is 0 Å². The molecule has 0 heterocycles. The lowest BCUT2D eigenvalue weighted by Gasteiger charge is -2.06. The van der Waals surface area contributed by atoms with Crippen molar-refractivity contribution in [3.63, 3.8) is 0 Å². The molecule has 2 aromatic carbocycles. The van der Waals surface area contributed by atoms with E-state index in [4.69, 9.17) is 9.84 Å². The second-order valence-electron chi connectivity index (χ2n) is 5.20. The van der Waals surface area contributed by atoms with Crippen molar-refractivity contribution in [1.82, 2.24) is 0 Å². The molecule has 2 rings (SSSR count). The van der Waals surface area contributed by atoms with Crippen LogP contribution in [0.1, 0.15) is 12.0 Å². The summed E-state index contributed by atoms with van der Waals surface area (Å²) < 4.78 is 18.2. The lowest BCUT2D eigenvalue weighted by atomic mass is 10.1. The molecule has 2 N–H and O–H groups in total. The third-order valence-corrected chi connectivity index (χ3v) is 3.22. The van der Waals surface area contributed by atoms with Crippen LogP contribution in [0.15, 0.2) is 54.1 Å². The quantitative estimate of drug-likeness (QED) is 0.587. The van der Waals surface area contributed by atoms with Crippen LogP contribution in [0.5, 0.6) is 5.75 Å². The van der Waals surface area contributed by atoms with Gasteiger partial charge < -0.3 is 15.2 Å². The van der Waals surface area contributed by atoms with Crippen molar-refractivity contribution in [2.24, 2.45) is 0 Å². The van der Waals surface area contributed by atoms with Crippen LogP contribution in [0, 0.1) is 17.1 Å². The molecule has 0 saturated carbocycles. The highest BCUT2D eigenvalue weighted by Gasteiger charge is 2.10. The number of carboxylic acids is 1. The van der Waals surface area contributed by atoms with Crippen molar-refractivity contribution in [3.8, 4) is 11.8 Å². The lowest BCUT2D eigenvalue weighted by molar-refractivity contribution is -0.137. The van der Waals surface area contributed by atoms with Crippen LogP contribution in [-0.2, 0) is 9.59 Å². The number of amides is 1. The standard InChI is InChI=1S/C19H15FN2O4/c20-15-4-6-16(7-5-15)22-19(25)14(12-21)10-13-2-1-3-17(11-13)26-9-8-18(23)24/h1-7,10-11H,8-9H2,(H,22,25)(H,23,24)/b14-10-. The second-order valence-corrected chi connectivity index (χ2v) is 5.20. The number of anilines is 1. The number of hydrogen-bond acceptors (Lipinski definition) is 4. The molecule has 6 nitrogen and oxygen atoms in total. The summed E-state index contributed by atoms with van der Waals surface area (Å²) in [4.78, 5) is 22.7. The van der Waals surface area contributed by atoms with E-state index >= 15 is 0 Å². The lowest BCUT2D eigenvalue weighted by Crippen LogP contribution is -2.13. The Hall–Kier alpha value is -3.66. The summed E-state index contributed by atoms with van der Waals surface area (Å²) in [7, 11) is 0. The predicted octanol–water partition coefficient (Wildman–Crippen LogP) is 3.22. The van der Waals surface area contributed by atoms with Gasteiger partial charge in [0.2, 0.25) is 0 Å². The number of rotatable bonds is 7. The van der Waals surface area contributed by atoms with Gasteiger partial charge in [-0.25, -0.2) is 4.39 Å². The number of hydrogen-bond donors (Lipinski definition) is 2. The fourth-order valence-corrected chi connectivity index (χ4v) is 2.00. The molecular formula is C19H15FN2O4. The monoisotopic (exact) mass is 354 g/mol. The molecule has 0 aliphatic carbocycles. The van der Waals surface area contributed by atoms with Gasteiger partial charge in [-0.3, -0.25) is 9.59 Å². The number of carbonyl (C=O) groups excluding carboxylic acids is 1. The number of nitrogens with one attached hydrogen (secondary N) is 1. The molecule has 0 aliphatic heterocycles. The van der Waals surface area contributed by atoms with Gasteiger partial charge in [0.1, 0.15) is 23.2 Å². The van der Waals surface area contributed by atoms with E-state index in [0.717, 1.165) is 0 Å². The minimum atomic E-state index is -0.967. The Morgan fingerprint density at radius 3 is 2.62 bits per heavy atom. The summed E-state index contributed by atoms with van der Waals surface area (Å²) in [6, 6.07) is 13.6. The summed E-state index contributed by atoms with van der Waals surface area (Å²) in [5.41, 5.74) is 0.768. The first kappa shape index (κ1) is 18.7. The summed E-state index contributed by atoms with van der Waals surface area (Å²) in [6.45, 7) is 0.0126. The van der Waals surface area contributed by atoms with Gasteiger partial charge in [0.15, 0.2) is 0 Å². The highest BCUT2D eigenvalue weighted by atomic mass is 19.1. The van der Waals surface area contributed by atoms with E-state index in [1.807, 2.05) is 6.07 Å². The summed E-state index contributed by atoms with van der Waals surface area (Å²) in [6.07, 6.45) is 1.24. The number of ether oxygens (including phenoxy) is 1. The maximum Gasteiger partial charge on any atom is 0.306 e. The number of benzene rings is 2. The summed E-state index contributed by atoms with van der Waals surface area (Å²) >= 11 is 0. The SMILES string of the molecule is N#C/C(=C/c1cccc(OCCC(=O)O)c1)C(=O)Nc1ccc(F)cc1. The summed E-state index contributed by atoms with van der Waals surface area (Å²) in [5.74, 6) is -1.60. The molecule has 0 radical (unpaired) electrons. The Labute approximate surface area is 149 Å². The van der Waals surface area contributed by atoms with E-state index in [2.05, 4.69) is 5.32 Å².